The third-order valence-corrected chi connectivity index (χ3v) is 8.12. The van der Waals surface area contributed by atoms with Crippen molar-refractivity contribution in [1.82, 2.24) is 29.8 Å². The van der Waals surface area contributed by atoms with E-state index < -0.39 is 29.9 Å². The number of nitrogens with zero attached hydrogens (tertiary/aromatic N) is 5. The highest BCUT2D eigenvalue weighted by molar-refractivity contribution is 5.96. The number of benzene rings is 2. The Morgan fingerprint density at radius 2 is 1.54 bits per heavy atom. The fourth-order valence-corrected chi connectivity index (χ4v) is 5.73. The second kappa shape index (κ2) is 14.6. The van der Waals surface area contributed by atoms with Crippen molar-refractivity contribution in [3.8, 4) is 11.6 Å². The van der Waals surface area contributed by atoms with Crippen LogP contribution in [-0.2, 0) is 14.4 Å². The Kier molecular flexibility index (Phi) is 10.1. The quantitative estimate of drug-likeness (QED) is 0.287. The average molecular weight is 633 g/mol. The molecule has 14 nitrogen and oxygen atoms in total. The molecule has 0 bridgehead atoms. The third kappa shape index (κ3) is 7.62. The molecule has 14 heteroatoms. The molecule has 0 aliphatic carbocycles. The van der Waals surface area contributed by atoms with Crippen LogP contribution in [0.5, 0.6) is 5.88 Å². The molecule has 5 rings (SSSR count). The van der Waals surface area contributed by atoms with E-state index in [2.05, 4.69) is 10.4 Å². The molecule has 4 amide bonds. The molecular formula is C32H36N6O8. The zero-order valence-corrected chi connectivity index (χ0v) is 25.2. The smallest absolute Gasteiger partial charge is 0.407 e. The van der Waals surface area contributed by atoms with Crippen molar-refractivity contribution < 1.29 is 38.9 Å². The average Bonchev–Trinajstić information content (AvgIpc) is 3.74. The van der Waals surface area contributed by atoms with Crippen LogP contribution in [0.4, 0.5) is 4.79 Å². The first-order valence-electron chi connectivity index (χ1n) is 15.1. The summed E-state index contributed by atoms with van der Waals surface area (Å²) in [4.78, 5) is 67.1. The maximum Gasteiger partial charge on any atom is 0.407 e. The Morgan fingerprint density at radius 1 is 0.891 bits per heavy atom. The first-order valence-corrected chi connectivity index (χ1v) is 15.1. The molecule has 2 fully saturated rings. The van der Waals surface area contributed by atoms with Crippen LogP contribution in [0.25, 0.3) is 5.69 Å². The molecule has 3 N–H and O–H groups in total. The van der Waals surface area contributed by atoms with Crippen LogP contribution in [0.1, 0.15) is 47.8 Å². The Hall–Kier alpha value is -5.40. The Labute approximate surface area is 265 Å². The van der Waals surface area contributed by atoms with Gasteiger partial charge in [0.2, 0.25) is 11.8 Å². The van der Waals surface area contributed by atoms with Gasteiger partial charge in [-0.05, 0) is 37.0 Å². The van der Waals surface area contributed by atoms with E-state index in [4.69, 9.17) is 4.74 Å². The van der Waals surface area contributed by atoms with Gasteiger partial charge >= 0.3 is 12.1 Å². The molecule has 1 aromatic heterocycles. The van der Waals surface area contributed by atoms with Crippen molar-refractivity contribution in [3.05, 3.63) is 78.0 Å². The van der Waals surface area contributed by atoms with Crippen LogP contribution in [0, 0.1) is 0 Å². The molecular weight excluding hydrogens is 596 g/mol. The molecule has 0 unspecified atom stereocenters. The van der Waals surface area contributed by atoms with Gasteiger partial charge in [0.05, 0.1) is 11.7 Å². The van der Waals surface area contributed by atoms with E-state index in [9.17, 15) is 34.2 Å². The molecule has 3 aromatic rings. The van der Waals surface area contributed by atoms with Crippen molar-refractivity contribution >= 4 is 29.8 Å². The lowest BCUT2D eigenvalue weighted by Crippen LogP contribution is -2.55. The first kappa shape index (κ1) is 32.0. The Bertz CT molecular complexity index is 1560. The van der Waals surface area contributed by atoms with Crippen LogP contribution in [-0.4, -0.2) is 110 Å². The highest BCUT2D eigenvalue weighted by Crippen LogP contribution is 2.32. The maximum atomic E-state index is 13.5. The Morgan fingerprint density at radius 3 is 2.20 bits per heavy atom. The lowest BCUT2D eigenvalue weighted by molar-refractivity contribution is -0.138. The number of carboxylic acids is 1. The molecule has 2 aliphatic rings. The van der Waals surface area contributed by atoms with Gasteiger partial charge in [0.1, 0.15) is 6.04 Å². The predicted molar refractivity (Wildman–Crippen MR) is 163 cm³/mol. The fourth-order valence-electron chi connectivity index (χ4n) is 5.73. The number of carbonyl (C=O) groups is 5. The van der Waals surface area contributed by atoms with Crippen molar-refractivity contribution in [2.75, 3.05) is 39.3 Å². The van der Waals surface area contributed by atoms with Gasteiger partial charge in [0.15, 0.2) is 12.3 Å². The number of piperazine rings is 1. The van der Waals surface area contributed by atoms with Crippen molar-refractivity contribution in [2.24, 2.45) is 0 Å². The normalized spacial score (nSPS) is 17.0. The number of carboxylic acid groups (broad SMARTS) is 2. The number of ether oxygens (including phenoxy) is 1. The minimum atomic E-state index is -1.18. The van der Waals surface area contributed by atoms with Crippen LogP contribution in [0.15, 0.2) is 66.7 Å². The molecule has 0 saturated carbocycles. The summed E-state index contributed by atoms with van der Waals surface area (Å²) in [6.45, 7) is 0.744. The summed E-state index contributed by atoms with van der Waals surface area (Å²) in [6, 6.07) is 18.8. The predicted octanol–water partition coefficient (Wildman–Crippen LogP) is 2.40. The van der Waals surface area contributed by atoms with Gasteiger partial charge in [0, 0.05) is 45.2 Å². The lowest BCUT2D eigenvalue weighted by Gasteiger charge is -2.35. The minimum absolute atomic E-state index is 0.0509. The zero-order chi connectivity index (χ0) is 32.6. The molecule has 2 aliphatic heterocycles. The fraction of sp³-hybridized carbons (Fsp3) is 0.375. The molecule has 2 aromatic carbocycles. The van der Waals surface area contributed by atoms with Gasteiger partial charge in [-0.3, -0.25) is 19.2 Å². The summed E-state index contributed by atoms with van der Waals surface area (Å²) in [6.07, 6.45) is 0.0803. The van der Waals surface area contributed by atoms with Gasteiger partial charge in [-0.15, -0.1) is 0 Å². The molecule has 46 heavy (non-hydrogen) atoms. The minimum Gasteiger partial charge on any atom is -0.481 e. The summed E-state index contributed by atoms with van der Waals surface area (Å²) in [5.74, 6) is -2.45. The number of hydrogen-bond acceptors (Lipinski definition) is 7. The van der Waals surface area contributed by atoms with E-state index in [0.717, 1.165) is 18.4 Å². The van der Waals surface area contributed by atoms with Crippen molar-refractivity contribution in [3.63, 3.8) is 0 Å². The zero-order valence-electron chi connectivity index (χ0n) is 25.2. The van der Waals surface area contributed by atoms with Gasteiger partial charge in [0.25, 0.3) is 11.8 Å². The summed E-state index contributed by atoms with van der Waals surface area (Å²) in [7, 11) is 0. The molecule has 0 spiro atoms. The van der Waals surface area contributed by atoms with Crippen molar-refractivity contribution in [1.29, 1.82) is 0 Å². The van der Waals surface area contributed by atoms with Gasteiger partial charge in [-0.1, -0.05) is 48.5 Å². The molecule has 242 valence electrons. The number of nitrogens with one attached hydrogen (secondary N) is 1. The summed E-state index contributed by atoms with van der Waals surface area (Å²) in [5, 5.41) is 25.5. The lowest BCUT2D eigenvalue weighted by atomic mass is 10.0. The SMILES string of the molecule is O=C(O)CC[C@H](NC(=O)c1cc(OCC(=O)N2CCC[C@H]2c2ccccc2)n(-c2ccccc2)n1)C(=O)N1CCN(C(=O)O)CC1. The number of rotatable bonds is 11. The molecule has 2 saturated heterocycles. The number of aliphatic carboxylic acids is 1. The largest absolute Gasteiger partial charge is 0.481 e. The highest BCUT2D eigenvalue weighted by Gasteiger charge is 2.32. The van der Waals surface area contributed by atoms with E-state index in [1.54, 1.807) is 29.2 Å². The summed E-state index contributed by atoms with van der Waals surface area (Å²) in [5.41, 5.74) is 1.53. The second-order valence-corrected chi connectivity index (χ2v) is 11.1. The van der Waals surface area contributed by atoms with E-state index in [0.29, 0.717) is 12.2 Å². The van der Waals surface area contributed by atoms with Gasteiger partial charge in [-0.25, -0.2) is 9.48 Å². The van der Waals surface area contributed by atoms with Crippen LogP contribution in [0.2, 0.25) is 0 Å². The first-order chi connectivity index (χ1) is 22.2. The number of likely N-dealkylation sites (tertiary alicyclic amines) is 1. The molecule has 3 heterocycles. The Balaban J connectivity index is 1.31. The van der Waals surface area contributed by atoms with Gasteiger partial charge < -0.3 is 35.0 Å². The standard InChI is InChI=1S/C32H36N6O8/c39-27(37-15-7-12-26(37)22-8-3-1-4-9-22)21-46-28-20-25(34-38(28)23-10-5-2-6-11-23)30(42)33-24(13-14-29(40)41)31(43)35-16-18-36(19-17-35)32(44)45/h1-6,8-11,20,24,26H,7,12-19,21H2,(H,33,42)(H,40,41)(H,44,45)/t24-,26-/m0/s1. The molecule has 2 atom stereocenters. The third-order valence-electron chi connectivity index (χ3n) is 8.12. The number of carbonyl (C=O) groups excluding carboxylic acids is 3. The monoisotopic (exact) mass is 632 g/mol. The van der Waals surface area contributed by atoms with Crippen LogP contribution < -0.4 is 10.1 Å². The molecule has 0 radical (unpaired) electrons. The van der Waals surface area contributed by atoms with Crippen molar-refractivity contribution in [2.45, 2.75) is 37.8 Å². The van der Waals surface area contributed by atoms with Crippen LogP contribution in [0.3, 0.4) is 0 Å². The highest BCUT2D eigenvalue weighted by atomic mass is 16.5. The van der Waals surface area contributed by atoms with Crippen LogP contribution >= 0.6 is 0 Å². The van der Waals surface area contributed by atoms with Gasteiger partial charge in [-0.2, -0.15) is 5.10 Å². The van der Waals surface area contributed by atoms with E-state index in [1.165, 1.54) is 20.5 Å². The number of amides is 4. The van der Waals surface area contributed by atoms with E-state index >= 15 is 0 Å². The summed E-state index contributed by atoms with van der Waals surface area (Å²) < 4.78 is 7.35. The van der Waals surface area contributed by atoms with E-state index in [1.807, 2.05) is 36.4 Å². The number of aromatic nitrogens is 2. The number of hydrogen-bond donors (Lipinski definition) is 3. The number of para-hydroxylation sites is 1. The summed E-state index contributed by atoms with van der Waals surface area (Å²) >= 11 is 0. The topological polar surface area (TPSA) is 175 Å². The maximum absolute atomic E-state index is 13.5. The van der Waals surface area contributed by atoms with E-state index in [-0.39, 0.29) is 69.2 Å². The second-order valence-electron chi connectivity index (χ2n) is 11.1.